The molecule has 0 spiro atoms. The molecule has 23 heavy (non-hydrogen) atoms. The van der Waals surface area contributed by atoms with Crippen LogP contribution >= 0.6 is 11.6 Å². The van der Waals surface area contributed by atoms with Crippen LogP contribution in [0.3, 0.4) is 0 Å². The van der Waals surface area contributed by atoms with E-state index in [1.165, 1.54) is 18.3 Å². The van der Waals surface area contributed by atoms with Gasteiger partial charge in [-0.1, -0.05) is 17.7 Å². The molecule has 1 heterocycles. The molecule has 0 saturated carbocycles. The zero-order valence-corrected chi connectivity index (χ0v) is 13.8. The maximum absolute atomic E-state index is 13.0. The number of rotatable bonds is 6. The molecule has 0 aliphatic rings. The molecule has 2 rings (SSSR count). The van der Waals surface area contributed by atoms with Crippen LogP contribution in [0.15, 0.2) is 36.7 Å². The Labute approximate surface area is 140 Å². The largest absolute Gasteiger partial charge is 0.382 e. The Kier molecular flexibility index (Phi) is 5.93. The predicted octanol–water partition coefficient (Wildman–Crippen LogP) is 3.67. The summed E-state index contributed by atoms with van der Waals surface area (Å²) < 4.78 is 13.0. The fourth-order valence-electron chi connectivity index (χ4n) is 2.11. The van der Waals surface area contributed by atoms with E-state index in [4.69, 9.17) is 11.6 Å². The van der Waals surface area contributed by atoms with E-state index in [9.17, 15) is 9.18 Å². The third-order valence-corrected chi connectivity index (χ3v) is 3.50. The van der Waals surface area contributed by atoms with E-state index in [1.807, 2.05) is 13.8 Å². The summed E-state index contributed by atoms with van der Waals surface area (Å²) in [6.07, 6.45) is 3.73. The lowest BCUT2D eigenvalue weighted by atomic mass is 10.1. The van der Waals surface area contributed by atoms with Gasteiger partial charge in [-0.3, -0.25) is 9.78 Å². The predicted molar refractivity (Wildman–Crippen MR) is 90.4 cm³/mol. The number of halogens is 2. The van der Waals surface area contributed by atoms with Crippen molar-refractivity contribution in [2.24, 2.45) is 0 Å². The zero-order chi connectivity index (χ0) is 16.8. The first-order chi connectivity index (χ1) is 11.0. The number of hydrogen-bond donors (Lipinski definition) is 2. The van der Waals surface area contributed by atoms with Crippen LogP contribution in [0.1, 0.15) is 29.8 Å². The summed E-state index contributed by atoms with van der Waals surface area (Å²) in [4.78, 5) is 16.2. The first-order valence-electron chi connectivity index (χ1n) is 7.39. The van der Waals surface area contributed by atoms with E-state index in [1.54, 1.807) is 18.3 Å². The van der Waals surface area contributed by atoms with Crippen LogP contribution in [0, 0.1) is 5.82 Å². The molecule has 0 atom stereocenters. The van der Waals surface area contributed by atoms with Crippen molar-refractivity contribution in [2.45, 2.75) is 26.3 Å². The fraction of sp³-hybridized carbons (Fsp3) is 0.294. The number of hydrogen-bond acceptors (Lipinski definition) is 3. The number of nitrogens with one attached hydrogen (secondary N) is 2. The number of amides is 1. The quantitative estimate of drug-likeness (QED) is 0.847. The minimum Gasteiger partial charge on any atom is -0.382 e. The second-order valence-corrected chi connectivity index (χ2v) is 5.91. The average Bonchev–Trinajstić information content (AvgIpc) is 2.49. The van der Waals surface area contributed by atoms with Crippen LogP contribution in [0.4, 0.5) is 10.1 Å². The Morgan fingerprint density at radius 1 is 1.30 bits per heavy atom. The summed E-state index contributed by atoms with van der Waals surface area (Å²) >= 11 is 5.96. The maximum Gasteiger partial charge on any atom is 0.252 e. The summed E-state index contributed by atoms with van der Waals surface area (Å²) in [5.74, 6) is -0.577. The van der Waals surface area contributed by atoms with Crippen LogP contribution < -0.4 is 10.6 Å². The number of aromatic nitrogens is 1. The van der Waals surface area contributed by atoms with E-state index < -0.39 is 0 Å². The van der Waals surface area contributed by atoms with E-state index >= 15 is 0 Å². The number of anilines is 1. The average molecular weight is 336 g/mol. The van der Waals surface area contributed by atoms with Crippen molar-refractivity contribution in [3.8, 4) is 0 Å². The third-order valence-electron chi connectivity index (χ3n) is 3.15. The smallest absolute Gasteiger partial charge is 0.252 e. The Morgan fingerprint density at radius 2 is 2.09 bits per heavy atom. The van der Waals surface area contributed by atoms with Gasteiger partial charge in [0.05, 0.1) is 11.3 Å². The molecule has 6 heteroatoms. The van der Waals surface area contributed by atoms with Crippen LogP contribution in [0.2, 0.25) is 5.02 Å². The molecule has 1 amide bonds. The molecule has 122 valence electrons. The molecule has 2 N–H and O–H groups in total. The SMILES string of the molecule is CC(C)Nc1cncc(C(=O)NCCc2ccc(F)cc2Cl)c1. The summed E-state index contributed by atoms with van der Waals surface area (Å²) in [5.41, 5.74) is 2.08. The van der Waals surface area contributed by atoms with Crippen molar-refractivity contribution < 1.29 is 9.18 Å². The molecule has 0 bridgehead atoms. The molecule has 1 aromatic heterocycles. The van der Waals surface area contributed by atoms with Gasteiger partial charge < -0.3 is 10.6 Å². The van der Waals surface area contributed by atoms with Gasteiger partial charge >= 0.3 is 0 Å². The van der Waals surface area contributed by atoms with Gasteiger partial charge in [0, 0.05) is 30.0 Å². The lowest BCUT2D eigenvalue weighted by Gasteiger charge is -2.11. The highest BCUT2D eigenvalue weighted by molar-refractivity contribution is 6.31. The minimum absolute atomic E-state index is 0.205. The Bertz CT molecular complexity index is 691. The van der Waals surface area contributed by atoms with Gasteiger partial charge in [-0.05, 0) is 44.0 Å². The third kappa shape index (κ3) is 5.21. The molecule has 0 aliphatic carbocycles. The molecule has 0 fully saturated rings. The van der Waals surface area contributed by atoms with E-state index in [0.717, 1.165) is 11.3 Å². The minimum atomic E-state index is -0.372. The van der Waals surface area contributed by atoms with Gasteiger partial charge in [0.15, 0.2) is 0 Å². The van der Waals surface area contributed by atoms with Crippen LogP contribution in [-0.4, -0.2) is 23.5 Å². The van der Waals surface area contributed by atoms with Gasteiger partial charge in [0.2, 0.25) is 0 Å². The lowest BCUT2D eigenvalue weighted by Crippen LogP contribution is -2.26. The molecule has 0 aliphatic heterocycles. The standard InChI is InChI=1S/C17H19ClFN3O/c1-11(2)22-15-7-13(9-20-10-15)17(23)21-6-5-12-3-4-14(19)8-16(12)18/h3-4,7-11,22H,5-6H2,1-2H3,(H,21,23). The summed E-state index contributed by atoms with van der Waals surface area (Å²) in [5, 5.41) is 6.37. The second-order valence-electron chi connectivity index (χ2n) is 5.50. The Balaban J connectivity index is 1.92. The van der Waals surface area contributed by atoms with Crippen LogP contribution in [-0.2, 0) is 6.42 Å². The normalized spacial score (nSPS) is 10.7. The van der Waals surface area contributed by atoms with E-state index in [0.29, 0.717) is 23.6 Å². The van der Waals surface area contributed by atoms with Crippen molar-refractivity contribution in [2.75, 3.05) is 11.9 Å². The van der Waals surface area contributed by atoms with Gasteiger partial charge in [-0.15, -0.1) is 0 Å². The van der Waals surface area contributed by atoms with Gasteiger partial charge in [-0.25, -0.2) is 4.39 Å². The van der Waals surface area contributed by atoms with Crippen molar-refractivity contribution in [3.63, 3.8) is 0 Å². The second kappa shape index (κ2) is 7.92. The van der Waals surface area contributed by atoms with Crippen molar-refractivity contribution in [1.82, 2.24) is 10.3 Å². The van der Waals surface area contributed by atoms with Crippen molar-refractivity contribution in [3.05, 3.63) is 58.6 Å². The highest BCUT2D eigenvalue weighted by atomic mass is 35.5. The zero-order valence-electron chi connectivity index (χ0n) is 13.1. The highest BCUT2D eigenvalue weighted by Gasteiger charge is 2.08. The molecular formula is C17H19ClFN3O. The summed E-state index contributed by atoms with van der Waals surface area (Å²) in [6, 6.07) is 6.26. The molecule has 0 unspecified atom stereocenters. The van der Waals surface area contributed by atoms with Crippen LogP contribution in [0.5, 0.6) is 0 Å². The number of benzene rings is 1. The topological polar surface area (TPSA) is 54.0 Å². The summed E-state index contributed by atoms with van der Waals surface area (Å²) in [7, 11) is 0. The lowest BCUT2D eigenvalue weighted by molar-refractivity contribution is 0.0954. The molecule has 1 aromatic carbocycles. The summed E-state index contributed by atoms with van der Waals surface area (Å²) in [6.45, 7) is 4.43. The van der Waals surface area contributed by atoms with Crippen molar-refractivity contribution in [1.29, 1.82) is 0 Å². The number of carbonyl (C=O) groups excluding carboxylic acids is 1. The monoisotopic (exact) mass is 335 g/mol. The number of carbonyl (C=O) groups is 1. The maximum atomic E-state index is 13.0. The molecule has 2 aromatic rings. The molecule has 4 nitrogen and oxygen atoms in total. The number of pyridine rings is 1. The van der Waals surface area contributed by atoms with Gasteiger partial charge in [0.1, 0.15) is 5.82 Å². The number of nitrogens with zero attached hydrogens (tertiary/aromatic N) is 1. The fourth-order valence-corrected chi connectivity index (χ4v) is 2.38. The first-order valence-corrected chi connectivity index (χ1v) is 7.77. The Morgan fingerprint density at radius 3 is 2.78 bits per heavy atom. The van der Waals surface area contributed by atoms with E-state index in [-0.39, 0.29) is 17.8 Å². The van der Waals surface area contributed by atoms with Crippen LogP contribution in [0.25, 0.3) is 0 Å². The molecule has 0 radical (unpaired) electrons. The van der Waals surface area contributed by atoms with Gasteiger partial charge in [0.25, 0.3) is 5.91 Å². The molecular weight excluding hydrogens is 317 g/mol. The highest BCUT2D eigenvalue weighted by Crippen LogP contribution is 2.17. The Hall–Kier alpha value is -2.14. The molecule has 0 saturated heterocycles. The van der Waals surface area contributed by atoms with E-state index in [2.05, 4.69) is 15.6 Å². The van der Waals surface area contributed by atoms with Gasteiger partial charge in [-0.2, -0.15) is 0 Å². The first kappa shape index (κ1) is 17.2. The van der Waals surface area contributed by atoms with Crippen molar-refractivity contribution >= 4 is 23.2 Å².